The second kappa shape index (κ2) is 9.37. The van der Waals surface area contributed by atoms with Gasteiger partial charge in [-0.25, -0.2) is 0 Å². The number of nitrogens with zero attached hydrogens (tertiary/aromatic N) is 3. The Labute approximate surface area is 160 Å². The SMILES string of the molecule is CC(C)CCSc1ccc(C(=O)N2CCN(C(C)C)CC2)cc1[N+](=O)[O-]. The van der Waals surface area contributed by atoms with Crippen LogP contribution in [0, 0.1) is 16.0 Å². The standard InChI is InChI=1S/C19H29N3O3S/c1-14(2)7-12-26-18-6-5-16(13-17(18)22(24)25)19(23)21-10-8-20(9-11-21)15(3)4/h5-6,13-15H,7-12H2,1-4H3. The van der Waals surface area contributed by atoms with E-state index in [0.717, 1.165) is 25.3 Å². The van der Waals surface area contributed by atoms with Gasteiger partial charge in [-0.2, -0.15) is 0 Å². The lowest BCUT2D eigenvalue weighted by Crippen LogP contribution is -2.50. The van der Waals surface area contributed by atoms with Crippen LogP contribution in [0.25, 0.3) is 0 Å². The fourth-order valence-corrected chi connectivity index (χ4v) is 4.20. The fraction of sp³-hybridized carbons (Fsp3) is 0.632. The van der Waals surface area contributed by atoms with Crippen LogP contribution in [0.5, 0.6) is 0 Å². The minimum Gasteiger partial charge on any atom is -0.336 e. The van der Waals surface area contributed by atoms with Gasteiger partial charge in [0.1, 0.15) is 0 Å². The lowest BCUT2D eigenvalue weighted by molar-refractivity contribution is -0.387. The van der Waals surface area contributed by atoms with Crippen LogP contribution in [0.15, 0.2) is 23.1 Å². The number of carbonyl (C=O) groups excluding carboxylic acids is 1. The quantitative estimate of drug-likeness (QED) is 0.408. The summed E-state index contributed by atoms with van der Waals surface area (Å²) in [5.74, 6) is 1.28. The van der Waals surface area contributed by atoms with Crippen molar-refractivity contribution in [2.75, 3.05) is 31.9 Å². The van der Waals surface area contributed by atoms with Crippen molar-refractivity contribution in [2.24, 2.45) is 5.92 Å². The third-order valence-corrected chi connectivity index (χ3v) is 5.78. The van der Waals surface area contributed by atoms with Gasteiger partial charge in [0.15, 0.2) is 0 Å². The number of hydrogen-bond donors (Lipinski definition) is 0. The Kier molecular flexibility index (Phi) is 7.46. The number of rotatable bonds is 7. The topological polar surface area (TPSA) is 66.7 Å². The van der Waals surface area contributed by atoms with Gasteiger partial charge in [-0.1, -0.05) is 13.8 Å². The number of nitro benzene ring substituents is 1. The van der Waals surface area contributed by atoms with E-state index in [2.05, 4.69) is 32.6 Å². The Bertz CT molecular complexity index is 641. The van der Waals surface area contributed by atoms with Crippen molar-refractivity contribution in [3.8, 4) is 0 Å². The first-order valence-corrected chi connectivity index (χ1v) is 10.2. The first-order valence-electron chi connectivity index (χ1n) is 9.24. The molecule has 1 fully saturated rings. The maximum Gasteiger partial charge on any atom is 0.283 e. The van der Waals surface area contributed by atoms with Crippen LogP contribution in [-0.4, -0.2) is 58.6 Å². The van der Waals surface area contributed by atoms with Gasteiger partial charge in [0.25, 0.3) is 11.6 Å². The molecule has 1 heterocycles. The van der Waals surface area contributed by atoms with Gasteiger partial charge < -0.3 is 4.90 Å². The molecular weight excluding hydrogens is 350 g/mol. The predicted molar refractivity (Wildman–Crippen MR) is 106 cm³/mol. The van der Waals surface area contributed by atoms with Crippen LogP contribution in [0.4, 0.5) is 5.69 Å². The Hall–Kier alpha value is -1.60. The molecular formula is C19H29N3O3S. The summed E-state index contributed by atoms with van der Waals surface area (Å²) in [5, 5.41) is 11.4. The number of nitro groups is 1. The summed E-state index contributed by atoms with van der Waals surface area (Å²) >= 11 is 1.49. The summed E-state index contributed by atoms with van der Waals surface area (Å²) in [7, 11) is 0. The summed E-state index contributed by atoms with van der Waals surface area (Å²) in [6, 6.07) is 5.35. The second-order valence-corrected chi connectivity index (χ2v) is 8.53. The molecule has 144 valence electrons. The molecule has 26 heavy (non-hydrogen) atoms. The minimum absolute atomic E-state index is 0.0328. The van der Waals surface area contributed by atoms with Gasteiger partial charge in [0, 0.05) is 43.9 Å². The zero-order chi connectivity index (χ0) is 19.3. The average molecular weight is 380 g/mol. The van der Waals surface area contributed by atoms with Gasteiger partial charge >= 0.3 is 0 Å². The lowest BCUT2D eigenvalue weighted by atomic mass is 10.1. The van der Waals surface area contributed by atoms with Crippen LogP contribution in [-0.2, 0) is 0 Å². The smallest absolute Gasteiger partial charge is 0.283 e. The van der Waals surface area contributed by atoms with Crippen LogP contribution < -0.4 is 0 Å². The molecule has 1 aromatic rings. The van der Waals surface area contributed by atoms with E-state index >= 15 is 0 Å². The molecule has 6 nitrogen and oxygen atoms in total. The van der Waals surface area contributed by atoms with Crippen molar-refractivity contribution in [1.82, 2.24) is 9.80 Å². The Balaban J connectivity index is 2.08. The van der Waals surface area contributed by atoms with Crippen molar-refractivity contribution >= 4 is 23.4 Å². The van der Waals surface area contributed by atoms with Gasteiger partial charge in [-0.3, -0.25) is 19.8 Å². The van der Waals surface area contributed by atoms with Gasteiger partial charge in [-0.15, -0.1) is 11.8 Å². The van der Waals surface area contributed by atoms with E-state index in [-0.39, 0.29) is 16.5 Å². The molecule has 0 spiro atoms. The second-order valence-electron chi connectivity index (χ2n) is 7.39. The normalized spacial score (nSPS) is 15.7. The molecule has 0 aromatic heterocycles. The van der Waals surface area contributed by atoms with Crippen LogP contribution in [0.2, 0.25) is 0 Å². The maximum absolute atomic E-state index is 12.7. The van der Waals surface area contributed by atoms with E-state index in [1.807, 2.05) is 0 Å². The highest BCUT2D eigenvalue weighted by Crippen LogP contribution is 2.31. The van der Waals surface area contributed by atoms with Gasteiger partial charge in [0.2, 0.25) is 0 Å². The number of carbonyl (C=O) groups is 1. The molecule has 1 aromatic carbocycles. The van der Waals surface area contributed by atoms with Crippen LogP contribution in [0.3, 0.4) is 0 Å². The van der Waals surface area contributed by atoms with E-state index in [1.165, 1.54) is 17.8 Å². The molecule has 2 rings (SSSR count). The van der Waals surface area contributed by atoms with Crippen molar-refractivity contribution in [3.63, 3.8) is 0 Å². The highest BCUT2D eigenvalue weighted by atomic mass is 32.2. The Morgan fingerprint density at radius 3 is 2.38 bits per heavy atom. The minimum atomic E-state index is -0.384. The zero-order valence-electron chi connectivity index (χ0n) is 16.1. The molecule has 1 aliphatic rings. The lowest BCUT2D eigenvalue weighted by Gasteiger charge is -2.36. The van der Waals surface area contributed by atoms with E-state index < -0.39 is 0 Å². The third kappa shape index (κ3) is 5.45. The highest BCUT2D eigenvalue weighted by molar-refractivity contribution is 7.99. The summed E-state index contributed by atoms with van der Waals surface area (Å²) < 4.78 is 0. The number of amides is 1. The summed E-state index contributed by atoms with van der Waals surface area (Å²) in [6.07, 6.45) is 1.00. The van der Waals surface area contributed by atoms with Crippen molar-refractivity contribution < 1.29 is 9.72 Å². The molecule has 0 unspecified atom stereocenters. The molecule has 0 atom stereocenters. The van der Waals surface area contributed by atoms with E-state index in [0.29, 0.717) is 35.5 Å². The molecule has 1 aliphatic heterocycles. The predicted octanol–water partition coefficient (Wildman–Crippen LogP) is 3.90. The summed E-state index contributed by atoms with van der Waals surface area (Å²) in [5.41, 5.74) is 0.438. The fourth-order valence-electron chi connectivity index (χ4n) is 2.94. The first-order chi connectivity index (χ1) is 12.3. The number of benzene rings is 1. The molecule has 0 bridgehead atoms. The van der Waals surface area contributed by atoms with Gasteiger partial charge in [-0.05, 0) is 44.1 Å². The summed E-state index contributed by atoms with van der Waals surface area (Å²) in [4.78, 5) is 28.6. The van der Waals surface area contributed by atoms with Gasteiger partial charge in [0.05, 0.1) is 9.82 Å². The largest absolute Gasteiger partial charge is 0.336 e. The zero-order valence-corrected chi connectivity index (χ0v) is 16.9. The molecule has 0 aliphatic carbocycles. The van der Waals surface area contributed by atoms with Crippen molar-refractivity contribution in [3.05, 3.63) is 33.9 Å². The van der Waals surface area contributed by atoms with E-state index in [4.69, 9.17) is 0 Å². The first kappa shape index (κ1) is 20.7. The summed E-state index contributed by atoms with van der Waals surface area (Å²) in [6.45, 7) is 11.6. The number of piperazine rings is 1. The van der Waals surface area contributed by atoms with E-state index in [9.17, 15) is 14.9 Å². The molecule has 0 radical (unpaired) electrons. The van der Waals surface area contributed by atoms with Crippen molar-refractivity contribution in [2.45, 2.75) is 45.1 Å². The third-order valence-electron chi connectivity index (χ3n) is 4.69. The molecule has 0 N–H and O–H groups in total. The Morgan fingerprint density at radius 2 is 1.85 bits per heavy atom. The highest BCUT2D eigenvalue weighted by Gasteiger charge is 2.25. The average Bonchev–Trinajstić information content (AvgIpc) is 2.61. The number of hydrogen-bond acceptors (Lipinski definition) is 5. The molecule has 7 heteroatoms. The number of thioether (sulfide) groups is 1. The maximum atomic E-state index is 12.7. The Morgan fingerprint density at radius 1 is 1.19 bits per heavy atom. The molecule has 0 saturated carbocycles. The van der Waals surface area contributed by atoms with Crippen molar-refractivity contribution in [1.29, 1.82) is 0 Å². The van der Waals surface area contributed by atoms with Crippen LogP contribution >= 0.6 is 11.8 Å². The van der Waals surface area contributed by atoms with Crippen LogP contribution in [0.1, 0.15) is 44.5 Å². The van der Waals surface area contributed by atoms with E-state index in [1.54, 1.807) is 17.0 Å². The molecule has 1 amide bonds. The molecule has 1 saturated heterocycles. The monoisotopic (exact) mass is 379 g/mol.